The van der Waals surface area contributed by atoms with Gasteiger partial charge in [0, 0.05) is 22.8 Å². The second-order valence-electron chi connectivity index (χ2n) is 4.98. The van der Waals surface area contributed by atoms with Crippen molar-refractivity contribution < 1.29 is 0 Å². The molecule has 0 aliphatic carbocycles. The summed E-state index contributed by atoms with van der Waals surface area (Å²) >= 11 is 0. The number of fused-ring (bicyclic) bond motifs is 1. The third-order valence-electron chi connectivity index (χ3n) is 2.86. The maximum atomic E-state index is 4.38. The molecule has 0 saturated heterocycles. The van der Waals surface area contributed by atoms with Crippen LogP contribution in [0.5, 0.6) is 0 Å². The molecule has 2 rings (SSSR count). The molecular weight excluding hydrogens is 186 g/mol. The fourth-order valence-electron chi connectivity index (χ4n) is 2.11. The van der Waals surface area contributed by atoms with Crippen LogP contribution in [-0.4, -0.2) is 14.5 Å². The number of nitrogens with zero attached hydrogens (tertiary/aromatic N) is 3. The first-order chi connectivity index (χ1) is 6.93. The summed E-state index contributed by atoms with van der Waals surface area (Å²) in [6.07, 6.45) is 3.51. The van der Waals surface area contributed by atoms with E-state index in [1.54, 1.807) is 6.33 Å². The predicted molar refractivity (Wildman–Crippen MR) is 62.0 cm³/mol. The van der Waals surface area contributed by atoms with Gasteiger partial charge in [-0.2, -0.15) is 0 Å². The minimum atomic E-state index is 0.0605. The van der Waals surface area contributed by atoms with Gasteiger partial charge in [0.25, 0.3) is 0 Å². The van der Waals surface area contributed by atoms with E-state index in [4.69, 9.17) is 0 Å². The smallest absolute Gasteiger partial charge is 0.144 e. The molecule has 0 spiro atoms. The molecule has 0 aromatic carbocycles. The van der Waals surface area contributed by atoms with Gasteiger partial charge in [-0.3, -0.25) is 0 Å². The molecule has 0 radical (unpaired) electrons. The van der Waals surface area contributed by atoms with Crippen LogP contribution in [0.4, 0.5) is 0 Å². The minimum Gasteiger partial charge on any atom is -0.324 e. The van der Waals surface area contributed by atoms with E-state index < -0.39 is 0 Å². The Labute approximate surface area is 90.2 Å². The second kappa shape index (κ2) is 3.05. The predicted octanol–water partition coefficient (Wildman–Crippen LogP) is 2.80. The van der Waals surface area contributed by atoms with Gasteiger partial charge < -0.3 is 4.57 Å². The molecule has 2 aromatic heterocycles. The summed E-state index contributed by atoms with van der Waals surface area (Å²) in [6.45, 7) is 10.9. The molecule has 3 nitrogen and oxygen atoms in total. The van der Waals surface area contributed by atoms with Crippen molar-refractivity contribution in [2.24, 2.45) is 0 Å². The molecular formula is C12H17N3. The molecule has 0 amide bonds. The van der Waals surface area contributed by atoms with Crippen molar-refractivity contribution in [2.75, 3.05) is 0 Å². The van der Waals surface area contributed by atoms with Crippen LogP contribution in [0.25, 0.3) is 11.0 Å². The van der Waals surface area contributed by atoms with Crippen molar-refractivity contribution in [1.29, 1.82) is 0 Å². The molecule has 80 valence electrons. The van der Waals surface area contributed by atoms with E-state index in [1.165, 1.54) is 11.3 Å². The van der Waals surface area contributed by atoms with Gasteiger partial charge in [0.1, 0.15) is 12.0 Å². The summed E-state index contributed by atoms with van der Waals surface area (Å²) in [5.41, 5.74) is 3.65. The van der Waals surface area contributed by atoms with Gasteiger partial charge in [0.15, 0.2) is 0 Å². The maximum absolute atomic E-state index is 4.38. The van der Waals surface area contributed by atoms with E-state index >= 15 is 0 Å². The number of aromatic nitrogens is 3. The van der Waals surface area contributed by atoms with Gasteiger partial charge in [0.2, 0.25) is 0 Å². The molecule has 0 bridgehead atoms. The number of aryl methyl sites for hydroxylation is 1. The van der Waals surface area contributed by atoms with Gasteiger partial charge in [-0.15, -0.1) is 0 Å². The Bertz CT molecular complexity index is 503. The van der Waals surface area contributed by atoms with Gasteiger partial charge >= 0.3 is 0 Å². The van der Waals surface area contributed by atoms with Gasteiger partial charge in [-0.05, 0) is 40.2 Å². The zero-order chi connectivity index (χ0) is 11.2. The van der Waals surface area contributed by atoms with Crippen LogP contribution in [0, 0.1) is 13.8 Å². The van der Waals surface area contributed by atoms with Crippen LogP contribution >= 0.6 is 0 Å². The highest BCUT2D eigenvalue weighted by molar-refractivity contribution is 5.81. The van der Waals surface area contributed by atoms with Crippen LogP contribution in [0.1, 0.15) is 32.0 Å². The molecule has 3 heteroatoms. The van der Waals surface area contributed by atoms with Crippen molar-refractivity contribution in [1.82, 2.24) is 14.5 Å². The Morgan fingerprint density at radius 1 is 1.20 bits per heavy atom. The topological polar surface area (TPSA) is 30.7 Å². The first-order valence-corrected chi connectivity index (χ1v) is 5.21. The SMILES string of the molecule is Cc1c(C)n(C(C)(C)C)c2ncncc12. The lowest BCUT2D eigenvalue weighted by atomic mass is 10.1. The monoisotopic (exact) mass is 203 g/mol. The van der Waals surface area contributed by atoms with Gasteiger partial charge in [-0.25, -0.2) is 9.97 Å². The van der Waals surface area contributed by atoms with Gasteiger partial charge in [-0.1, -0.05) is 0 Å². The molecule has 0 atom stereocenters. The van der Waals surface area contributed by atoms with E-state index in [0.717, 1.165) is 11.0 Å². The maximum Gasteiger partial charge on any atom is 0.144 e. The van der Waals surface area contributed by atoms with Crippen LogP contribution < -0.4 is 0 Å². The first kappa shape index (κ1) is 10.1. The quantitative estimate of drug-likeness (QED) is 0.659. The van der Waals surface area contributed by atoms with E-state index in [-0.39, 0.29) is 5.54 Å². The molecule has 15 heavy (non-hydrogen) atoms. The average molecular weight is 203 g/mol. The Kier molecular flexibility index (Phi) is 2.07. The van der Waals surface area contributed by atoms with Crippen LogP contribution in [-0.2, 0) is 5.54 Å². The molecule has 0 aliphatic heterocycles. The third-order valence-corrected chi connectivity index (χ3v) is 2.86. The summed E-state index contributed by atoms with van der Waals surface area (Å²) in [5, 5.41) is 1.16. The van der Waals surface area contributed by atoms with E-state index in [9.17, 15) is 0 Å². The Morgan fingerprint density at radius 2 is 1.87 bits per heavy atom. The molecule has 0 N–H and O–H groups in total. The largest absolute Gasteiger partial charge is 0.324 e. The standard InChI is InChI=1S/C12H17N3/c1-8-9(2)15(12(3,4)5)11-10(8)6-13-7-14-11/h6-7H,1-5H3. The van der Waals surface area contributed by atoms with Crippen molar-refractivity contribution in [3.05, 3.63) is 23.8 Å². The minimum absolute atomic E-state index is 0.0605. The highest BCUT2D eigenvalue weighted by Gasteiger charge is 2.21. The van der Waals surface area contributed by atoms with Crippen LogP contribution in [0.15, 0.2) is 12.5 Å². The van der Waals surface area contributed by atoms with Crippen molar-refractivity contribution in [3.8, 4) is 0 Å². The zero-order valence-electron chi connectivity index (χ0n) is 10.00. The summed E-state index contributed by atoms with van der Waals surface area (Å²) in [5.74, 6) is 0. The molecule has 0 fully saturated rings. The lowest BCUT2D eigenvalue weighted by molar-refractivity contribution is 0.400. The Morgan fingerprint density at radius 3 is 2.47 bits per heavy atom. The van der Waals surface area contributed by atoms with E-state index in [0.29, 0.717) is 0 Å². The normalized spacial score (nSPS) is 12.3. The van der Waals surface area contributed by atoms with Crippen molar-refractivity contribution in [2.45, 2.75) is 40.2 Å². The molecule has 0 aliphatic rings. The van der Waals surface area contributed by atoms with E-state index in [1.807, 2.05) is 6.20 Å². The van der Waals surface area contributed by atoms with Crippen LogP contribution in [0.3, 0.4) is 0 Å². The average Bonchev–Trinajstić information content (AvgIpc) is 2.39. The Hall–Kier alpha value is -1.38. The number of rotatable bonds is 0. The lowest BCUT2D eigenvalue weighted by Gasteiger charge is -2.24. The third kappa shape index (κ3) is 1.42. The highest BCUT2D eigenvalue weighted by Crippen LogP contribution is 2.28. The molecule has 0 saturated carbocycles. The Balaban J connectivity index is 2.90. The fourth-order valence-corrected chi connectivity index (χ4v) is 2.11. The summed E-state index contributed by atoms with van der Waals surface area (Å²) in [7, 11) is 0. The van der Waals surface area contributed by atoms with Crippen molar-refractivity contribution in [3.63, 3.8) is 0 Å². The molecule has 2 heterocycles. The van der Waals surface area contributed by atoms with Gasteiger partial charge in [0.05, 0.1) is 0 Å². The molecule has 0 unspecified atom stereocenters. The van der Waals surface area contributed by atoms with Crippen LogP contribution in [0.2, 0.25) is 0 Å². The number of hydrogen-bond acceptors (Lipinski definition) is 2. The van der Waals surface area contributed by atoms with E-state index in [2.05, 4.69) is 49.2 Å². The summed E-state index contributed by atoms with van der Waals surface area (Å²) in [6, 6.07) is 0. The van der Waals surface area contributed by atoms with Crippen molar-refractivity contribution >= 4 is 11.0 Å². The molecule has 2 aromatic rings. The first-order valence-electron chi connectivity index (χ1n) is 5.21. The summed E-state index contributed by atoms with van der Waals surface area (Å²) in [4.78, 5) is 8.47. The lowest BCUT2D eigenvalue weighted by Crippen LogP contribution is -2.23. The summed E-state index contributed by atoms with van der Waals surface area (Å²) < 4.78 is 2.28. The number of hydrogen-bond donors (Lipinski definition) is 0. The highest BCUT2D eigenvalue weighted by atomic mass is 15.1. The fraction of sp³-hybridized carbons (Fsp3) is 0.500. The second-order valence-corrected chi connectivity index (χ2v) is 4.98. The zero-order valence-corrected chi connectivity index (χ0v) is 10.00.